The van der Waals surface area contributed by atoms with Crippen LogP contribution in [0, 0.1) is 0 Å². The number of amides is 1. The molecule has 138 valence electrons. The summed E-state index contributed by atoms with van der Waals surface area (Å²) < 4.78 is 10.9. The fraction of sp³-hybridized carbons (Fsp3) is 0.400. The van der Waals surface area contributed by atoms with Crippen LogP contribution in [0.3, 0.4) is 0 Å². The summed E-state index contributed by atoms with van der Waals surface area (Å²) in [6.45, 7) is 0.962. The van der Waals surface area contributed by atoms with Gasteiger partial charge in [0, 0.05) is 12.1 Å². The number of carbonyl (C=O) groups excluding carboxylic acids is 1. The Morgan fingerprint density at radius 3 is 2.81 bits per heavy atom. The Kier molecular flexibility index (Phi) is 6.07. The molecule has 2 aromatic rings. The highest BCUT2D eigenvalue weighted by Gasteiger charge is 2.24. The van der Waals surface area contributed by atoms with Crippen molar-refractivity contribution in [2.45, 2.75) is 31.7 Å². The van der Waals surface area contributed by atoms with Crippen LogP contribution in [0.25, 0.3) is 0 Å². The Hall–Kier alpha value is -2.60. The zero-order valence-corrected chi connectivity index (χ0v) is 15.3. The van der Waals surface area contributed by atoms with Gasteiger partial charge in [-0.15, -0.1) is 0 Å². The smallest absolute Gasteiger partial charge is 0.241 e. The normalized spacial score (nSPS) is 18.0. The maximum absolute atomic E-state index is 12.6. The average molecular weight is 355 g/mol. The van der Waals surface area contributed by atoms with Crippen molar-refractivity contribution in [1.29, 1.82) is 0 Å². The zero-order chi connectivity index (χ0) is 18.4. The van der Waals surface area contributed by atoms with E-state index in [1.807, 2.05) is 25.2 Å². The monoisotopic (exact) mass is 355 g/mol. The molecule has 1 atom stereocenters. The van der Waals surface area contributed by atoms with Gasteiger partial charge >= 0.3 is 0 Å². The van der Waals surface area contributed by atoms with Gasteiger partial charge in [-0.05, 0) is 44.6 Å². The summed E-state index contributed by atoms with van der Waals surface area (Å²) >= 11 is 0. The van der Waals surface area contributed by atoms with E-state index in [4.69, 9.17) is 9.47 Å². The van der Waals surface area contributed by atoms with Gasteiger partial charge in [-0.3, -0.25) is 9.69 Å². The van der Waals surface area contributed by atoms with E-state index in [0.29, 0.717) is 17.3 Å². The molecule has 26 heavy (non-hydrogen) atoms. The van der Waals surface area contributed by atoms with E-state index in [2.05, 4.69) is 15.2 Å². The van der Waals surface area contributed by atoms with E-state index in [1.54, 1.807) is 31.5 Å². The predicted octanol–water partition coefficient (Wildman–Crippen LogP) is 3.70. The fourth-order valence-corrected chi connectivity index (χ4v) is 3.11. The lowest BCUT2D eigenvalue weighted by Gasteiger charge is -2.24. The molecule has 0 spiro atoms. The van der Waals surface area contributed by atoms with Crippen molar-refractivity contribution in [3.63, 3.8) is 0 Å². The van der Waals surface area contributed by atoms with Crippen LogP contribution in [0.1, 0.15) is 25.7 Å². The largest absolute Gasteiger partial charge is 0.497 e. The van der Waals surface area contributed by atoms with Gasteiger partial charge in [0.15, 0.2) is 0 Å². The van der Waals surface area contributed by atoms with Crippen molar-refractivity contribution in [2.75, 3.05) is 26.0 Å². The number of benzene rings is 1. The van der Waals surface area contributed by atoms with E-state index < -0.39 is 0 Å². The molecule has 1 saturated heterocycles. The van der Waals surface area contributed by atoms with Gasteiger partial charge in [-0.25, -0.2) is 4.98 Å². The summed E-state index contributed by atoms with van der Waals surface area (Å²) in [6, 6.07) is 10.8. The van der Waals surface area contributed by atoms with Crippen molar-refractivity contribution < 1.29 is 14.3 Å². The van der Waals surface area contributed by atoms with Gasteiger partial charge in [-0.2, -0.15) is 0 Å². The molecular weight excluding hydrogens is 330 g/mol. The first-order valence-electron chi connectivity index (χ1n) is 8.95. The van der Waals surface area contributed by atoms with E-state index in [-0.39, 0.29) is 11.9 Å². The number of nitrogens with zero attached hydrogens (tertiary/aromatic N) is 2. The third kappa shape index (κ3) is 4.73. The van der Waals surface area contributed by atoms with Gasteiger partial charge in [0.2, 0.25) is 11.8 Å². The zero-order valence-electron chi connectivity index (χ0n) is 15.3. The van der Waals surface area contributed by atoms with Crippen LogP contribution in [0.2, 0.25) is 0 Å². The first kappa shape index (κ1) is 18.2. The molecule has 0 aliphatic carbocycles. The summed E-state index contributed by atoms with van der Waals surface area (Å²) in [5.41, 5.74) is 0.672. The summed E-state index contributed by atoms with van der Waals surface area (Å²) in [5, 5.41) is 2.96. The van der Waals surface area contributed by atoms with Crippen LogP contribution >= 0.6 is 0 Å². The maximum Gasteiger partial charge on any atom is 0.241 e. The Labute approximate surface area is 154 Å². The number of likely N-dealkylation sites (N-methyl/N-ethyl adjacent to an activating group) is 1. The lowest BCUT2D eigenvalue weighted by atomic mass is 10.1. The van der Waals surface area contributed by atoms with Crippen molar-refractivity contribution >= 4 is 11.6 Å². The molecule has 6 heteroatoms. The lowest BCUT2D eigenvalue weighted by Crippen LogP contribution is -2.41. The maximum atomic E-state index is 12.6. The number of pyridine rings is 1. The SMILES string of the molecule is COc1cccc(Oc2ccc(NC(=O)C3CCCCCN3C)cn2)c1. The molecule has 1 fully saturated rings. The molecule has 1 aliphatic heterocycles. The minimum absolute atomic E-state index is 0.0256. The Balaban J connectivity index is 1.61. The molecule has 0 radical (unpaired) electrons. The molecule has 1 aromatic heterocycles. The van der Waals surface area contributed by atoms with Crippen LogP contribution < -0.4 is 14.8 Å². The van der Waals surface area contributed by atoms with Gasteiger partial charge in [0.05, 0.1) is 25.0 Å². The molecule has 0 saturated carbocycles. The average Bonchev–Trinajstić information content (AvgIpc) is 2.88. The highest BCUT2D eigenvalue weighted by atomic mass is 16.5. The van der Waals surface area contributed by atoms with Gasteiger partial charge in [-0.1, -0.05) is 18.9 Å². The number of hydrogen-bond acceptors (Lipinski definition) is 5. The van der Waals surface area contributed by atoms with Gasteiger partial charge < -0.3 is 14.8 Å². The number of likely N-dealkylation sites (tertiary alicyclic amines) is 1. The third-order valence-electron chi connectivity index (χ3n) is 4.59. The fourth-order valence-electron chi connectivity index (χ4n) is 3.11. The molecule has 1 aliphatic rings. The molecule has 2 heterocycles. The van der Waals surface area contributed by atoms with Crippen molar-refractivity contribution in [3.05, 3.63) is 42.6 Å². The van der Waals surface area contributed by atoms with Crippen molar-refractivity contribution in [3.8, 4) is 17.4 Å². The Bertz CT molecular complexity index is 733. The van der Waals surface area contributed by atoms with Crippen LogP contribution in [-0.2, 0) is 4.79 Å². The van der Waals surface area contributed by atoms with Crippen LogP contribution in [0.15, 0.2) is 42.6 Å². The predicted molar refractivity (Wildman–Crippen MR) is 101 cm³/mol. The summed E-state index contributed by atoms with van der Waals surface area (Å²) in [4.78, 5) is 19.0. The number of methoxy groups -OCH3 is 1. The molecule has 6 nitrogen and oxygen atoms in total. The molecule has 1 N–H and O–H groups in total. The molecule has 0 bridgehead atoms. The summed E-state index contributed by atoms with van der Waals surface area (Å²) in [5.74, 6) is 1.85. The highest BCUT2D eigenvalue weighted by Crippen LogP contribution is 2.24. The summed E-state index contributed by atoms with van der Waals surface area (Å²) in [6.07, 6.45) is 5.94. The Morgan fingerprint density at radius 2 is 2.04 bits per heavy atom. The Morgan fingerprint density at radius 1 is 1.19 bits per heavy atom. The minimum Gasteiger partial charge on any atom is -0.497 e. The quantitative estimate of drug-likeness (QED) is 0.886. The van der Waals surface area contributed by atoms with E-state index in [9.17, 15) is 4.79 Å². The number of hydrogen-bond donors (Lipinski definition) is 1. The number of aromatic nitrogens is 1. The second-order valence-electron chi connectivity index (χ2n) is 6.50. The standard InChI is InChI=1S/C20H25N3O3/c1-23-12-5-3-4-9-18(23)20(24)22-15-10-11-19(21-14-15)26-17-8-6-7-16(13-17)25-2/h6-8,10-11,13-14,18H,3-5,9,12H2,1-2H3,(H,22,24). The molecule has 3 rings (SSSR count). The first-order valence-corrected chi connectivity index (χ1v) is 8.95. The topological polar surface area (TPSA) is 63.7 Å². The molecule has 1 aromatic carbocycles. The van der Waals surface area contributed by atoms with Crippen LogP contribution in [-0.4, -0.2) is 42.5 Å². The number of anilines is 1. The van der Waals surface area contributed by atoms with E-state index in [0.717, 1.165) is 31.6 Å². The van der Waals surface area contributed by atoms with Gasteiger partial charge in [0.25, 0.3) is 0 Å². The first-order chi connectivity index (χ1) is 12.7. The van der Waals surface area contributed by atoms with Gasteiger partial charge in [0.1, 0.15) is 11.5 Å². The van der Waals surface area contributed by atoms with E-state index >= 15 is 0 Å². The molecule has 1 unspecified atom stereocenters. The lowest BCUT2D eigenvalue weighted by molar-refractivity contribution is -0.120. The third-order valence-corrected chi connectivity index (χ3v) is 4.59. The van der Waals surface area contributed by atoms with Crippen molar-refractivity contribution in [1.82, 2.24) is 9.88 Å². The number of carbonyl (C=O) groups is 1. The number of ether oxygens (including phenoxy) is 2. The minimum atomic E-state index is -0.0785. The highest BCUT2D eigenvalue weighted by molar-refractivity contribution is 5.94. The number of nitrogens with one attached hydrogen (secondary N) is 1. The van der Waals surface area contributed by atoms with Crippen LogP contribution in [0.4, 0.5) is 5.69 Å². The second kappa shape index (κ2) is 8.67. The molecule has 1 amide bonds. The van der Waals surface area contributed by atoms with Crippen molar-refractivity contribution in [2.24, 2.45) is 0 Å². The second-order valence-corrected chi connectivity index (χ2v) is 6.50. The number of rotatable bonds is 5. The molecular formula is C20H25N3O3. The van der Waals surface area contributed by atoms with E-state index in [1.165, 1.54) is 6.42 Å². The summed E-state index contributed by atoms with van der Waals surface area (Å²) in [7, 11) is 3.62. The van der Waals surface area contributed by atoms with Crippen LogP contribution in [0.5, 0.6) is 17.4 Å².